The number of carbonyl (C=O) groups is 1. The van der Waals surface area contributed by atoms with Crippen LogP contribution in [-0.4, -0.2) is 22.7 Å². The maximum absolute atomic E-state index is 13.9. The van der Waals surface area contributed by atoms with Gasteiger partial charge in [-0.3, -0.25) is 9.48 Å². The summed E-state index contributed by atoms with van der Waals surface area (Å²) in [7, 11) is 2.86. The molecule has 0 aliphatic carbocycles. The van der Waals surface area contributed by atoms with Crippen molar-refractivity contribution >= 4 is 5.78 Å². The van der Waals surface area contributed by atoms with Gasteiger partial charge in [-0.05, 0) is 18.6 Å². The Labute approximate surface area is 108 Å². The van der Waals surface area contributed by atoms with Gasteiger partial charge in [-0.15, -0.1) is 0 Å². The predicted octanol–water partition coefficient (Wildman–Crippen LogP) is 2.25. The summed E-state index contributed by atoms with van der Waals surface area (Å²) >= 11 is 0. The maximum Gasteiger partial charge on any atom is 0.220 e. The molecule has 0 aliphatic rings. The van der Waals surface area contributed by atoms with Gasteiger partial charge in [-0.25, -0.2) is 8.78 Å². The van der Waals surface area contributed by atoms with Gasteiger partial charge < -0.3 is 4.74 Å². The molecule has 0 aliphatic heterocycles. The van der Waals surface area contributed by atoms with E-state index in [0.29, 0.717) is 0 Å². The molecule has 0 unspecified atom stereocenters. The number of ether oxygens (including phenoxy) is 1. The van der Waals surface area contributed by atoms with Crippen molar-refractivity contribution in [1.82, 2.24) is 9.78 Å². The second-order valence-corrected chi connectivity index (χ2v) is 4.07. The van der Waals surface area contributed by atoms with Gasteiger partial charge in [0.15, 0.2) is 11.4 Å². The van der Waals surface area contributed by atoms with E-state index in [1.54, 1.807) is 0 Å². The number of hydrogen-bond donors (Lipinski definition) is 0. The van der Waals surface area contributed by atoms with Crippen LogP contribution >= 0.6 is 0 Å². The first-order valence-corrected chi connectivity index (χ1v) is 5.52. The molecule has 4 nitrogen and oxygen atoms in total. The number of ketones is 1. The number of aryl methyl sites for hydroxylation is 2. The van der Waals surface area contributed by atoms with E-state index >= 15 is 0 Å². The molecule has 1 heterocycles. The Morgan fingerprint density at radius 1 is 1.37 bits per heavy atom. The minimum atomic E-state index is -0.906. The highest BCUT2D eigenvalue weighted by atomic mass is 19.1. The number of methoxy groups -OCH3 is 1. The summed E-state index contributed by atoms with van der Waals surface area (Å²) in [6, 6.07) is 2.34. The smallest absolute Gasteiger partial charge is 0.220 e. The summed E-state index contributed by atoms with van der Waals surface area (Å²) < 4.78 is 33.8. The van der Waals surface area contributed by atoms with Crippen LogP contribution in [-0.2, 0) is 7.05 Å². The van der Waals surface area contributed by atoms with Gasteiger partial charge in [-0.2, -0.15) is 5.10 Å². The van der Waals surface area contributed by atoms with E-state index in [2.05, 4.69) is 5.10 Å². The van der Waals surface area contributed by atoms with Crippen LogP contribution in [0.1, 0.15) is 21.6 Å². The SMILES string of the molecule is COc1cnn(C)c1C(=O)c1c(F)ccc(C)c1F. The third-order valence-electron chi connectivity index (χ3n) is 2.85. The highest BCUT2D eigenvalue weighted by Gasteiger charge is 2.26. The lowest BCUT2D eigenvalue weighted by molar-refractivity contribution is 0.101. The van der Waals surface area contributed by atoms with Crippen molar-refractivity contribution < 1.29 is 18.3 Å². The molecule has 2 rings (SSSR count). The average Bonchev–Trinajstić information content (AvgIpc) is 2.75. The molecule has 19 heavy (non-hydrogen) atoms. The Morgan fingerprint density at radius 3 is 2.68 bits per heavy atom. The topological polar surface area (TPSA) is 44.1 Å². The zero-order valence-corrected chi connectivity index (χ0v) is 10.7. The zero-order valence-electron chi connectivity index (χ0n) is 10.7. The molecule has 0 radical (unpaired) electrons. The fraction of sp³-hybridized carbons (Fsp3) is 0.231. The molecule has 0 bridgehead atoms. The van der Waals surface area contributed by atoms with Crippen LogP contribution in [0.15, 0.2) is 18.3 Å². The van der Waals surface area contributed by atoms with Crippen molar-refractivity contribution in [2.45, 2.75) is 6.92 Å². The molecule has 1 aromatic carbocycles. The quantitative estimate of drug-likeness (QED) is 0.800. The molecule has 0 spiro atoms. The Bertz CT molecular complexity index is 650. The summed E-state index contributed by atoms with van der Waals surface area (Å²) in [4.78, 5) is 12.3. The van der Waals surface area contributed by atoms with Crippen molar-refractivity contribution in [3.8, 4) is 5.75 Å². The first kappa shape index (κ1) is 13.2. The monoisotopic (exact) mass is 266 g/mol. The number of halogens is 2. The molecule has 2 aromatic rings. The van der Waals surface area contributed by atoms with Gasteiger partial charge in [-0.1, -0.05) is 6.07 Å². The van der Waals surface area contributed by atoms with E-state index in [0.717, 1.165) is 6.07 Å². The Morgan fingerprint density at radius 2 is 2.05 bits per heavy atom. The summed E-state index contributed by atoms with van der Waals surface area (Å²) in [5.41, 5.74) is -0.390. The van der Waals surface area contributed by atoms with Gasteiger partial charge in [0.25, 0.3) is 0 Å². The first-order valence-electron chi connectivity index (χ1n) is 5.52. The Balaban J connectivity index is 2.63. The van der Waals surface area contributed by atoms with Crippen LogP contribution in [0.5, 0.6) is 5.75 Å². The van der Waals surface area contributed by atoms with Crippen LogP contribution in [0.25, 0.3) is 0 Å². The van der Waals surface area contributed by atoms with Gasteiger partial charge in [0, 0.05) is 7.05 Å². The molecular formula is C13H12F2N2O2. The number of benzene rings is 1. The maximum atomic E-state index is 13.9. The second-order valence-electron chi connectivity index (χ2n) is 4.07. The van der Waals surface area contributed by atoms with Crippen LogP contribution in [0, 0.1) is 18.6 Å². The molecule has 0 saturated carbocycles. The minimum absolute atomic E-state index is 0.00546. The lowest BCUT2D eigenvalue weighted by atomic mass is 10.0. The third-order valence-corrected chi connectivity index (χ3v) is 2.85. The Hall–Kier alpha value is -2.24. The lowest BCUT2D eigenvalue weighted by Crippen LogP contribution is -2.14. The molecule has 100 valence electrons. The fourth-order valence-electron chi connectivity index (χ4n) is 1.81. The zero-order chi connectivity index (χ0) is 14.2. The van der Waals surface area contributed by atoms with E-state index in [9.17, 15) is 13.6 Å². The lowest BCUT2D eigenvalue weighted by Gasteiger charge is -2.08. The van der Waals surface area contributed by atoms with Crippen molar-refractivity contribution in [3.63, 3.8) is 0 Å². The van der Waals surface area contributed by atoms with Crippen molar-refractivity contribution in [1.29, 1.82) is 0 Å². The first-order chi connectivity index (χ1) is 8.97. The standard InChI is InChI=1S/C13H12F2N2O2/c1-7-4-5-8(14)10(11(7)15)13(18)12-9(19-3)6-16-17(12)2/h4-6H,1-3H3. The van der Waals surface area contributed by atoms with Gasteiger partial charge >= 0.3 is 0 Å². The summed E-state index contributed by atoms with van der Waals surface area (Å²) in [5.74, 6) is -2.40. The van der Waals surface area contributed by atoms with E-state index in [1.165, 1.54) is 38.0 Å². The second kappa shape index (κ2) is 4.79. The molecule has 0 fully saturated rings. The van der Waals surface area contributed by atoms with Crippen LogP contribution in [0.3, 0.4) is 0 Å². The van der Waals surface area contributed by atoms with Crippen molar-refractivity contribution in [2.24, 2.45) is 7.05 Å². The van der Waals surface area contributed by atoms with Crippen LogP contribution in [0.2, 0.25) is 0 Å². The number of rotatable bonds is 3. The largest absolute Gasteiger partial charge is 0.493 e. The average molecular weight is 266 g/mol. The van der Waals surface area contributed by atoms with Crippen LogP contribution < -0.4 is 4.74 Å². The number of nitrogens with zero attached hydrogens (tertiary/aromatic N) is 2. The van der Waals surface area contributed by atoms with Gasteiger partial charge in [0.05, 0.1) is 18.9 Å². The third kappa shape index (κ3) is 2.09. The summed E-state index contributed by atoms with van der Waals surface area (Å²) in [6.45, 7) is 1.46. The Kier molecular flexibility index (Phi) is 3.33. The molecule has 0 N–H and O–H groups in total. The van der Waals surface area contributed by atoms with Crippen molar-refractivity contribution in [3.05, 3.63) is 46.8 Å². The molecule has 1 aromatic heterocycles. The molecule has 0 saturated heterocycles. The van der Waals surface area contributed by atoms with Crippen LogP contribution in [0.4, 0.5) is 8.78 Å². The molecule has 0 atom stereocenters. The van der Waals surface area contributed by atoms with Gasteiger partial charge in [0.1, 0.15) is 11.6 Å². The summed E-state index contributed by atoms with van der Waals surface area (Å²) in [5, 5.41) is 3.84. The normalized spacial score (nSPS) is 10.6. The molecular weight excluding hydrogens is 254 g/mol. The minimum Gasteiger partial charge on any atom is -0.493 e. The fourth-order valence-corrected chi connectivity index (χ4v) is 1.81. The van der Waals surface area contributed by atoms with Gasteiger partial charge in [0.2, 0.25) is 5.78 Å². The van der Waals surface area contributed by atoms with E-state index in [4.69, 9.17) is 4.74 Å². The van der Waals surface area contributed by atoms with E-state index in [1.807, 2.05) is 0 Å². The highest BCUT2D eigenvalue weighted by molar-refractivity contribution is 6.10. The van der Waals surface area contributed by atoms with E-state index in [-0.39, 0.29) is 17.0 Å². The summed E-state index contributed by atoms with van der Waals surface area (Å²) in [6.07, 6.45) is 1.32. The van der Waals surface area contributed by atoms with E-state index < -0.39 is 23.0 Å². The molecule has 6 heteroatoms. The predicted molar refractivity (Wildman–Crippen MR) is 64.3 cm³/mol. The number of carbonyl (C=O) groups excluding carboxylic acids is 1. The number of hydrogen-bond acceptors (Lipinski definition) is 3. The highest BCUT2D eigenvalue weighted by Crippen LogP contribution is 2.24. The number of aromatic nitrogens is 2. The van der Waals surface area contributed by atoms with Crippen molar-refractivity contribution in [2.75, 3.05) is 7.11 Å². The molecule has 0 amide bonds.